The Hall–Kier alpha value is -1.62. The van der Waals surface area contributed by atoms with Crippen LogP contribution in [-0.4, -0.2) is 6.54 Å². The molecule has 19 heavy (non-hydrogen) atoms. The Bertz CT molecular complexity index is 536. The number of nitrogen functional groups attached to an aromatic ring is 1. The number of halogens is 3. The number of nitrogens with one attached hydrogen (secondary N) is 1. The highest BCUT2D eigenvalue weighted by Crippen LogP contribution is 2.20. The second kappa shape index (κ2) is 6.02. The first kappa shape index (κ1) is 13.8. The molecule has 0 unspecified atom stereocenters. The third-order valence-electron chi connectivity index (χ3n) is 2.73. The van der Waals surface area contributed by atoms with Gasteiger partial charge >= 0.3 is 0 Å². The lowest BCUT2D eigenvalue weighted by molar-refractivity contribution is 0.610. The van der Waals surface area contributed by atoms with Crippen molar-refractivity contribution in [1.29, 1.82) is 0 Å². The van der Waals surface area contributed by atoms with E-state index in [1.807, 2.05) is 0 Å². The molecule has 2 nitrogen and oxygen atoms in total. The Kier molecular flexibility index (Phi) is 4.37. The molecular formula is C14H13BrF2N2. The molecule has 5 heteroatoms. The Balaban J connectivity index is 2.00. The Morgan fingerprint density at radius 3 is 2.68 bits per heavy atom. The number of hydrogen-bond acceptors (Lipinski definition) is 2. The van der Waals surface area contributed by atoms with Crippen molar-refractivity contribution >= 4 is 27.3 Å². The van der Waals surface area contributed by atoms with Crippen molar-refractivity contribution in [2.75, 3.05) is 17.6 Å². The molecule has 2 rings (SSSR count). The van der Waals surface area contributed by atoms with E-state index in [0.29, 0.717) is 29.9 Å². The summed E-state index contributed by atoms with van der Waals surface area (Å²) in [4.78, 5) is 0. The van der Waals surface area contributed by atoms with Crippen LogP contribution in [0.15, 0.2) is 40.9 Å². The molecule has 0 spiro atoms. The fraction of sp³-hybridized carbons (Fsp3) is 0.143. The zero-order valence-electron chi connectivity index (χ0n) is 10.1. The number of rotatable bonds is 4. The van der Waals surface area contributed by atoms with Gasteiger partial charge in [0.05, 0.1) is 11.4 Å². The van der Waals surface area contributed by atoms with Gasteiger partial charge in [0.25, 0.3) is 0 Å². The molecule has 0 saturated carbocycles. The van der Waals surface area contributed by atoms with Gasteiger partial charge in [-0.05, 0) is 48.4 Å². The van der Waals surface area contributed by atoms with Gasteiger partial charge in [0.1, 0.15) is 11.6 Å². The van der Waals surface area contributed by atoms with E-state index in [9.17, 15) is 8.78 Å². The lowest BCUT2D eigenvalue weighted by Gasteiger charge is -2.10. The summed E-state index contributed by atoms with van der Waals surface area (Å²) in [5.74, 6) is -0.609. The quantitative estimate of drug-likeness (QED) is 0.834. The molecule has 0 aliphatic carbocycles. The minimum atomic E-state index is -0.356. The van der Waals surface area contributed by atoms with Gasteiger partial charge in [-0.25, -0.2) is 8.78 Å². The zero-order valence-corrected chi connectivity index (χ0v) is 11.7. The van der Waals surface area contributed by atoms with Crippen LogP contribution >= 0.6 is 15.9 Å². The second-order valence-corrected chi connectivity index (χ2v) is 5.06. The minimum Gasteiger partial charge on any atom is -0.397 e. The molecule has 0 aliphatic heterocycles. The van der Waals surface area contributed by atoms with Crippen molar-refractivity contribution in [1.82, 2.24) is 0 Å². The maximum Gasteiger partial charge on any atom is 0.126 e. The topological polar surface area (TPSA) is 38.0 Å². The van der Waals surface area contributed by atoms with Crippen LogP contribution in [0, 0.1) is 11.6 Å². The molecule has 2 aromatic carbocycles. The standard InChI is InChI=1S/C14H13BrF2N2/c15-10-1-3-12(17)9(7-10)5-6-19-14-8-11(16)2-4-13(14)18/h1-4,7-8,19H,5-6,18H2. The minimum absolute atomic E-state index is 0.253. The summed E-state index contributed by atoms with van der Waals surface area (Å²) >= 11 is 3.30. The van der Waals surface area contributed by atoms with Gasteiger partial charge in [-0.2, -0.15) is 0 Å². The van der Waals surface area contributed by atoms with Crippen molar-refractivity contribution in [3.8, 4) is 0 Å². The number of anilines is 2. The normalized spacial score (nSPS) is 10.5. The molecule has 0 radical (unpaired) electrons. The van der Waals surface area contributed by atoms with Gasteiger partial charge in [-0.3, -0.25) is 0 Å². The fourth-order valence-electron chi connectivity index (χ4n) is 1.75. The molecule has 100 valence electrons. The van der Waals surface area contributed by atoms with Crippen molar-refractivity contribution in [2.45, 2.75) is 6.42 Å². The van der Waals surface area contributed by atoms with Crippen LogP contribution < -0.4 is 11.1 Å². The fourth-order valence-corrected chi connectivity index (χ4v) is 2.16. The van der Waals surface area contributed by atoms with Crippen LogP contribution in [0.1, 0.15) is 5.56 Å². The van der Waals surface area contributed by atoms with Gasteiger partial charge in [0.15, 0.2) is 0 Å². The van der Waals surface area contributed by atoms with Crippen molar-refractivity contribution in [3.63, 3.8) is 0 Å². The van der Waals surface area contributed by atoms with Gasteiger partial charge in [-0.1, -0.05) is 15.9 Å². The third kappa shape index (κ3) is 3.67. The zero-order chi connectivity index (χ0) is 13.8. The van der Waals surface area contributed by atoms with Crippen molar-refractivity contribution in [3.05, 3.63) is 58.1 Å². The molecule has 0 aromatic heterocycles. The lowest BCUT2D eigenvalue weighted by Crippen LogP contribution is -2.08. The van der Waals surface area contributed by atoms with Crippen LogP contribution in [0.25, 0.3) is 0 Å². The van der Waals surface area contributed by atoms with Gasteiger partial charge in [-0.15, -0.1) is 0 Å². The molecule has 0 heterocycles. The maximum atomic E-state index is 13.5. The van der Waals surface area contributed by atoms with E-state index < -0.39 is 0 Å². The molecule has 0 atom stereocenters. The van der Waals surface area contributed by atoms with Crippen LogP contribution in [0.3, 0.4) is 0 Å². The van der Waals surface area contributed by atoms with E-state index in [-0.39, 0.29) is 11.6 Å². The highest BCUT2D eigenvalue weighted by Gasteiger charge is 2.04. The smallest absolute Gasteiger partial charge is 0.126 e. The van der Waals surface area contributed by atoms with Gasteiger partial charge in [0, 0.05) is 11.0 Å². The lowest BCUT2D eigenvalue weighted by atomic mass is 10.1. The first-order valence-electron chi connectivity index (χ1n) is 5.79. The summed E-state index contributed by atoms with van der Waals surface area (Å²) in [6.45, 7) is 0.473. The van der Waals surface area contributed by atoms with E-state index in [0.717, 1.165) is 4.47 Å². The van der Waals surface area contributed by atoms with Crippen LogP contribution in [0.2, 0.25) is 0 Å². The Morgan fingerprint density at radius 1 is 1.11 bits per heavy atom. The van der Waals surface area contributed by atoms with E-state index in [2.05, 4.69) is 21.2 Å². The molecule has 2 aromatic rings. The first-order chi connectivity index (χ1) is 9.06. The molecule has 0 amide bonds. The van der Waals surface area contributed by atoms with Gasteiger partial charge < -0.3 is 11.1 Å². The molecular weight excluding hydrogens is 314 g/mol. The number of benzene rings is 2. The maximum absolute atomic E-state index is 13.5. The van der Waals surface area contributed by atoms with Crippen LogP contribution in [0.5, 0.6) is 0 Å². The van der Waals surface area contributed by atoms with E-state index in [1.54, 1.807) is 12.1 Å². The average Bonchev–Trinajstić information content (AvgIpc) is 2.38. The molecule has 0 saturated heterocycles. The number of hydrogen-bond donors (Lipinski definition) is 2. The number of nitrogens with two attached hydrogens (primary N) is 1. The first-order valence-corrected chi connectivity index (χ1v) is 6.58. The summed E-state index contributed by atoms with van der Waals surface area (Å²) in [5, 5.41) is 3.00. The summed E-state index contributed by atoms with van der Waals surface area (Å²) < 4.78 is 27.4. The molecule has 0 bridgehead atoms. The SMILES string of the molecule is Nc1ccc(F)cc1NCCc1cc(Br)ccc1F. The van der Waals surface area contributed by atoms with E-state index in [4.69, 9.17) is 5.73 Å². The highest BCUT2D eigenvalue weighted by molar-refractivity contribution is 9.10. The summed E-state index contributed by atoms with van der Waals surface area (Å²) in [6, 6.07) is 8.91. The predicted molar refractivity (Wildman–Crippen MR) is 77.1 cm³/mol. The van der Waals surface area contributed by atoms with E-state index >= 15 is 0 Å². The molecule has 0 aliphatic rings. The van der Waals surface area contributed by atoms with Crippen molar-refractivity contribution in [2.24, 2.45) is 0 Å². The van der Waals surface area contributed by atoms with E-state index in [1.165, 1.54) is 24.3 Å². The van der Waals surface area contributed by atoms with Crippen LogP contribution in [0.4, 0.5) is 20.2 Å². The van der Waals surface area contributed by atoms with Crippen molar-refractivity contribution < 1.29 is 8.78 Å². The monoisotopic (exact) mass is 326 g/mol. The van der Waals surface area contributed by atoms with Gasteiger partial charge in [0.2, 0.25) is 0 Å². The molecule has 0 fully saturated rings. The Labute approximate surface area is 118 Å². The largest absolute Gasteiger partial charge is 0.397 e. The predicted octanol–water partition coefficient (Wildman–Crippen LogP) is 3.96. The molecule has 3 N–H and O–H groups in total. The summed E-state index contributed by atoms with van der Waals surface area (Å²) in [6.07, 6.45) is 0.487. The third-order valence-corrected chi connectivity index (χ3v) is 3.23. The van der Waals surface area contributed by atoms with Crippen LogP contribution in [-0.2, 0) is 6.42 Å². The summed E-state index contributed by atoms with van der Waals surface area (Å²) in [5.41, 5.74) is 7.30. The Morgan fingerprint density at radius 2 is 1.89 bits per heavy atom. The summed E-state index contributed by atoms with van der Waals surface area (Å²) in [7, 11) is 0. The highest BCUT2D eigenvalue weighted by atomic mass is 79.9. The second-order valence-electron chi connectivity index (χ2n) is 4.14. The average molecular weight is 327 g/mol.